The molecular formula is C14H21ClN2O3. The highest BCUT2D eigenvalue weighted by Gasteiger charge is 2.24. The van der Waals surface area contributed by atoms with Crippen molar-refractivity contribution in [3.05, 3.63) is 23.0 Å². The third-order valence-corrected chi connectivity index (χ3v) is 3.16. The average Bonchev–Trinajstić information content (AvgIpc) is 2.76. The minimum Gasteiger partial charge on any atom is -0.468 e. The molecule has 0 fully saturated rings. The van der Waals surface area contributed by atoms with E-state index in [2.05, 4.69) is 4.74 Å². The topological polar surface area (TPSA) is 51.5 Å². The van der Waals surface area contributed by atoms with Gasteiger partial charge in [-0.3, -0.25) is 9.59 Å². The van der Waals surface area contributed by atoms with E-state index in [1.165, 1.54) is 12.0 Å². The van der Waals surface area contributed by atoms with Gasteiger partial charge in [0, 0.05) is 18.8 Å². The second-order valence-corrected chi connectivity index (χ2v) is 5.28. The van der Waals surface area contributed by atoms with Crippen molar-refractivity contribution < 1.29 is 14.3 Å². The van der Waals surface area contributed by atoms with Gasteiger partial charge in [0.1, 0.15) is 12.2 Å². The summed E-state index contributed by atoms with van der Waals surface area (Å²) < 4.78 is 6.45. The molecule has 0 spiro atoms. The highest BCUT2D eigenvalue weighted by atomic mass is 35.5. The molecule has 0 bridgehead atoms. The maximum atomic E-state index is 12.6. The van der Waals surface area contributed by atoms with Crippen LogP contribution in [0.4, 0.5) is 0 Å². The lowest BCUT2D eigenvalue weighted by molar-refractivity contribution is -0.141. The molecular weight excluding hydrogens is 280 g/mol. The zero-order chi connectivity index (χ0) is 15.3. The van der Waals surface area contributed by atoms with Crippen LogP contribution in [-0.2, 0) is 16.1 Å². The molecule has 0 unspecified atom stereocenters. The Hall–Kier alpha value is -1.49. The molecule has 0 saturated heterocycles. The lowest BCUT2D eigenvalue weighted by atomic mass is 10.2. The molecule has 20 heavy (non-hydrogen) atoms. The van der Waals surface area contributed by atoms with Gasteiger partial charge in [0.2, 0.25) is 0 Å². The number of carbonyl (C=O) groups is 2. The van der Waals surface area contributed by atoms with Crippen molar-refractivity contribution >= 4 is 23.5 Å². The van der Waals surface area contributed by atoms with Gasteiger partial charge < -0.3 is 14.2 Å². The van der Waals surface area contributed by atoms with Crippen LogP contribution in [0.2, 0.25) is 5.02 Å². The number of hydrogen-bond acceptors (Lipinski definition) is 3. The van der Waals surface area contributed by atoms with Crippen molar-refractivity contribution in [2.24, 2.45) is 0 Å². The summed E-state index contributed by atoms with van der Waals surface area (Å²) in [6, 6.07) is 1.53. The molecule has 0 atom stereocenters. The fourth-order valence-corrected chi connectivity index (χ4v) is 2.14. The van der Waals surface area contributed by atoms with Gasteiger partial charge in [0.25, 0.3) is 5.91 Å². The average molecular weight is 301 g/mol. The molecule has 6 heteroatoms. The van der Waals surface area contributed by atoms with E-state index in [-0.39, 0.29) is 18.5 Å². The van der Waals surface area contributed by atoms with Crippen molar-refractivity contribution in [3.63, 3.8) is 0 Å². The van der Waals surface area contributed by atoms with Gasteiger partial charge in [0.05, 0.1) is 12.1 Å². The van der Waals surface area contributed by atoms with Crippen LogP contribution < -0.4 is 0 Å². The summed E-state index contributed by atoms with van der Waals surface area (Å²) in [4.78, 5) is 25.5. The Balaban J connectivity index is 3.02. The van der Waals surface area contributed by atoms with Crippen LogP contribution in [0.5, 0.6) is 0 Å². The zero-order valence-electron chi connectivity index (χ0n) is 12.4. The number of halogens is 1. The highest BCUT2D eigenvalue weighted by Crippen LogP contribution is 2.17. The number of methoxy groups -OCH3 is 1. The van der Waals surface area contributed by atoms with E-state index in [9.17, 15) is 9.59 Å². The molecule has 0 N–H and O–H groups in total. The number of nitrogens with zero attached hydrogens (tertiary/aromatic N) is 2. The second kappa shape index (κ2) is 7.33. The van der Waals surface area contributed by atoms with E-state index in [1.54, 1.807) is 12.3 Å². The number of esters is 1. The van der Waals surface area contributed by atoms with Gasteiger partial charge in [0.15, 0.2) is 0 Å². The lowest BCUT2D eigenvalue weighted by Gasteiger charge is -2.26. The van der Waals surface area contributed by atoms with Gasteiger partial charge in [-0.05, 0) is 26.3 Å². The van der Waals surface area contributed by atoms with Gasteiger partial charge in [-0.2, -0.15) is 0 Å². The minimum atomic E-state index is -0.438. The first-order chi connectivity index (χ1) is 9.40. The third-order valence-electron chi connectivity index (χ3n) is 2.96. The summed E-state index contributed by atoms with van der Waals surface area (Å²) in [5.41, 5.74) is 0.495. The normalized spacial score (nSPS) is 10.7. The number of amides is 1. The predicted octanol–water partition coefficient (Wildman–Crippen LogP) is 2.58. The van der Waals surface area contributed by atoms with E-state index >= 15 is 0 Å². The number of rotatable bonds is 6. The van der Waals surface area contributed by atoms with Crippen molar-refractivity contribution in [1.82, 2.24) is 9.47 Å². The van der Waals surface area contributed by atoms with Crippen LogP contribution in [0.1, 0.15) is 37.7 Å². The largest absolute Gasteiger partial charge is 0.468 e. The van der Waals surface area contributed by atoms with Crippen LogP contribution in [0, 0.1) is 0 Å². The number of ether oxygens (including phenoxy) is 1. The maximum Gasteiger partial charge on any atom is 0.325 e. The maximum absolute atomic E-state index is 12.6. The molecule has 0 aliphatic heterocycles. The predicted molar refractivity (Wildman–Crippen MR) is 77.9 cm³/mol. The summed E-state index contributed by atoms with van der Waals surface area (Å²) >= 11 is 5.98. The smallest absolute Gasteiger partial charge is 0.325 e. The SMILES string of the molecule is CCCn1cc(Cl)cc1C(=O)N(CC(=O)OC)C(C)C. The van der Waals surface area contributed by atoms with Crippen molar-refractivity contribution in [1.29, 1.82) is 0 Å². The number of carbonyl (C=O) groups excluding carboxylic acids is 2. The van der Waals surface area contributed by atoms with Gasteiger partial charge >= 0.3 is 5.97 Å². The van der Waals surface area contributed by atoms with Crippen molar-refractivity contribution in [2.45, 2.75) is 39.8 Å². The molecule has 1 heterocycles. The molecule has 5 nitrogen and oxygen atoms in total. The van der Waals surface area contributed by atoms with Crippen LogP contribution in [0.15, 0.2) is 12.3 Å². The van der Waals surface area contributed by atoms with Crippen LogP contribution in [0.25, 0.3) is 0 Å². The third kappa shape index (κ3) is 4.00. The molecule has 1 aromatic heterocycles. The molecule has 1 amide bonds. The Labute approximate surface area is 124 Å². The van der Waals surface area contributed by atoms with E-state index in [0.717, 1.165) is 6.42 Å². The first-order valence-electron chi connectivity index (χ1n) is 6.64. The molecule has 0 radical (unpaired) electrons. The Morgan fingerprint density at radius 3 is 2.60 bits per heavy atom. The Morgan fingerprint density at radius 1 is 1.45 bits per heavy atom. The summed E-state index contributed by atoms with van der Waals surface area (Å²) in [6.45, 7) is 6.38. The van der Waals surface area contributed by atoms with E-state index in [0.29, 0.717) is 17.3 Å². The van der Waals surface area contributed by atoms with Crippen molar-refractivity contribution in [3.8, 4) is 0 Å². The molecule has 1 aromatic rings. The first-order valence-corrected chi connectivity index (χ1v) is 7.02. The Morgan fingerprint density at radius 2 is 2.10 bits per heavy atom. The summed E-state index contributed by atoms with van der Waals surface area (Å²) in [5.74, 6) is -0.655. The Kier molecular flexibility index (Phi) is 6.07. The second-order valence-electron chi connectivity index (χ2n) is 4.84. The summed E-state index contributed by atoms with van der Waals surface area (Å²) in [5, 5.41) is 0.517. The highest BCUT2D eigenvalue weighted by molar-refractivity contribution is 6.31. The summed E-state index contributed by atoms with van der Waals surface area (Å²) in [6.07, 6.45) is 2.62. The standard InChI is InChI=1S/C14H21ClN2O3/c1-5-6-16-8-11(15)7-12(16)14(19)17(10(2)3)9-13(18)20-4/h7-8,10H,5-6,9H2,1-4H3. The first kappa shape index (κ1) is 16.6. The molecule has 0 aliphatic rings. The summed E-state index contributed by atoms with van der Waals surface area (Å²) in [7, 11) is 1.31. The fourth-order valence-electron chi connectivity index (χ4n) is 1.92. The molecule has 0 aliphatic carbocycles. The molecule has 1 rings (SSSR count). The zero-order valence-corrected chi connectivity index (χ0v) is 13.1. The van der Waals surface area contributed by atoms with E-state index in [1.807, 2.05) is 25.3 Å². The van der Waals surface area contributed by atoms with Gasteiger partial charge in [-0.25, -0.2) is 0 Å². The fraction of sp³-hybridized carbons (Fsp3) is 0.571. The Bertz CT molecular complexity index is 483. The van der Waals surface area contributed by atoms with Gasteiger partial charge in [-0.15, -0.1) is 0 Å². The van der Waals surface area contributed by atoms with Crippen LogP contribution in [-0.4, -0.2) is 41.0 Å². The quantitative estimate of drug-likeness (QED) is 0.759. The molecule has 0 aromatic carbocycles. The monoisotopic (exact) mass is 300 g/mol. The van der Waals surface area contributed by atoms with Crippen LogP contribution in [0.3, 0.4) is 0 Å². The molecule has 0 saturated carbocycles. The lowest BCUT2D eigenvalue weighted by Crippen LogP contribution is -2.41. The van der Waals surface area contributed by atoms with Gasteiger partial charge in [-0.1, -0.05) is 18.5 Å². The van der Waals surface area contributed by atoms with E-state index < -0.39 is 5.97 Å². The number of hydrogen-bond donors (Lipinski definition) is 0. The number of aromatic nitrogens is 1. The van der Waals surface area contributed by atoms with Crippen LogP contribution >= 0.6 is 11.6 Å². The van der Waals surface area contributed by atoms with Crippen molar-refractivity contribution in [2.75, 3.05) is 13.7 Å². The number of aryl methyl sites for hydroxylation is 1. The minimum absolute atomic E-state index is 0.0675. The molecule has 112 valence electrons. The van der Waals surface area contributed by atoms with E-state index in [4.69, 9.17) is 11.6 Å².